The van der Waals surface area contributed by atoms with Gasteiger partial charge in [-0.3, -0.25) is 0 Å². The van der Waals surface area contributed by atoms with Crippen LogP contribution in [0.5, 0.6) is 0 Å². The number of carbonyl (C=O) groups excluding carboxylic acids is 1. The zero-order valence-electron chi connectivity index (χ0n) is 12.6. The number of ether oxygens (including phenoxy) is 3. The molecule has 0 bridgehead atoms. The molecule has 18 heavy (non-hydrogen) atoms. The zero-order chi connectivity index (χ0) is 13.7. The van der Waals surface area contributed by atoms with Crippen molar-refractivity contribution >= 4 is 6.16 Å². The Balaban J connectivity index is 0.000000321. The largest absolute Gasteiger partial charge is 0.509 e. The van der Waals surface area contributed by atoms with Crippen molar-refractivity contribution in [3.63, 3.8) is 0 Å². The van der Waals surface area contributed by atoms with E-state index in [1.54, 1.807) is 0 Å². The van der Waals surface area contributed by atoms with Crippen molar-refractivity contribution in [3.05, 3.63) is 0 Å². The van der Waals surface area contributed by atoms with Crippen molar-refractivity contribution in [2.24, 2.45) is 0 Å². The molecule has 2 heterocycles. The molecule has 2 fully saturated rings. The van der Waals surface area contributed by atoms with Gasteiger partial charge in [0.05, 0.1) is 11.2 Å². The fraction of sp³-hybridized carbons (Fsp3) is 0.923. The van der Waals surface area contributed by atoms with Crippen LogP contribution in [0.15, 0.2) is 0 Å². The second kappa shape index (κ2) is 4.73. The van der Waals surface area contributed by atoms with Crippen LogP contribution in [0.2, 0.25) is 0 Å². The minimum atomic E-state index is -0.574. The third-order valence-electron chi connectivity index (χ3n) is 4.05. The van der Waals surface area contributed by atoms with Gasteiger partial charge in [0.25, 0.3) is 0 Å². The summed E-state index contributed by atoms with van der Waals surface area (Å²) < 4.78 is 15.1. The molecule has 2 aliphatic rings. The molecular formula is C13H24O4V. The monoisotopic (exact) mass is 295 g/mol. The second-order valence-corrected chi connectivity index (χ2v) is 6.60. The first-order chi connectivity index (χ1) is 7.31. The van der Waals surface area contributed by atoms with Crippen molar-refractivity contribution in [2.75, 3.05) is 0 Å². The van der Waals surface area contributed by atoms with Gasteiger partial charge >= 0.3 is 6.16 Å². The first-order valence-electron chi connectivity index (χ1n) is 5.93. The van der Waals surface area contributed by atoms with Crippen LogP contribution < -0.4 is 0 Å². The Morgan fingerprint density at radius 2 is 0.889 bits per heavy atom. The van der Waals surface area contributed by atoms with Gasteiger partial charge in [-0.15, -0.1) is 0 Å². The maximum absolute atomic E-state index is 10.6. The Morgan fingerprint density at radius 3 is 0.944 bits per heavy atom. The van der Waals surface area contributed by atoms with Crippen molar-refractivity contribution in [1.82, 2.24) is 0 Å². The number of carbonyl (C=O) groups is 1. The summed E-state index contributed by atoms with van der Waals surface area (Å²) in [4.78, 5) is 10.6. The van der Waals surface area contributed by atoms with Crippen LogP contribution in [0.3, 0.4) is 0 Å². The summed E-state index contributed by atoms with van der Waals surface area (Å²) >= 11 is 0. The Hall–Kier alpha value is -0.186. The molecule has 0 unspecified atom stereocenters. The van der Waals surface area contributed by atoms with Gasteiger partial charge in [0, 0.05) is 18.6 Å². The van der Waals surface area contributed by atoms with E-state index in [0.29, 0.717) is 0 Å². The summed E-state index contributed by atoms with van der Waals surface area (Å²) in [7, 11) is 0. The molecule has 4 nitrogen and oxygen atoms in total. The first-order valence-corrected chi connectivity index (χ1v) is 5.93. The van der Waals surface area contributed by atoms with Gasteiger partial charge < -0.3 is 14.2 Å². The molecule has 0 aromatic rings. The third-order valence-corrected chi connectivity index (χ3v) is 4.05. The Labute approximate surface area is 122 Å². The van der Waals surface area contributed by atoms with Gasteiger partial charge in [0.15, 0.2) is 0 Å². The van der Waals surface area contributed by atoms with Crippen LogP contribution >= 0.6 is 0 Å². The van der Waals surface area contributed by atoms with E-state index in [0.717, 1.165) is 0 Å². The minimum absolute atomic E-state index is 0. The standard InChI is InChI=1S/C7H12O3.C6H12O.V/c1-6(2)7(3,4)10-5(8)9-6;1-5(2)6(3,4)7-5;/h1-4H3;1-4H3;. The minimum Gasteiger partial charge on any atom is -0.424 e. The number of rotatable bonds is 0. The Kier molecular flexibility index (Phi) is 4.68. The average molecular weight is 295 g/mol. The van der Waals surface area contributed by atoms with Crippen LogP contribution in [0.4, 0.5) is 4.79 Å². The quantitative estimate of drug-likeness (QED) is 0.508. The number of hydrogen-bond acceptors (Lipinski definition) is 4. The molecule has 0 aliphatic carbocycles. The van der Waals surface area contributed by atoms with E-state index >= 15 is 0 Å². The Morgan fingerprint density at radius 1 is 0.667 bits per heavy atom. The Bertz CT molecular complexity index is 302. The molecule has 2 rings (SSSR count). The van der Waals surface area contributed by atoms with E-state index in [4.69, 9.17) is 14.2 Å². The predicted octanol–water partition coefficient (Wildman–Crippen LogP) is 3.28. The molecule has 0 N–H and O–H groups in total. The summed E-state index contributed by atoms with van der Waals surface area (Å²) in [5.41, 5.74) is -0.728. The molecule has 2 saturated heterocycles. The second-order valence-electron chi connectivity index (χ2n) is 6.60. The van der Waals surface area contributed by atoms with Gasteiger partial charge in [0.1, 0.15) is 11.2 Å². The third kappa shape index (κ3) is 3.43. The molecule has 105 valence electrons. The molecule has 2 aliphatic heterocycles. The van der Waals surface area contributed by atoms with Crippen LogP contribution in [0.25, 0.3) is 0 Å². The number of cyclic esters (lactones) is 2. The molecule has 0 aromatic carbocycles. The topological polar surface area (TPSA) is 48.1 Å². The predicted molar refractivity (Wildman–Crippen MR) is 65.0 cm³/mol. The van der Waals surface area contributed by atoms with E-state index in [9.17, 15) is 4.79 Å². The summed E-state index contributed by atoms with van der Waals surface area (Å²) in [6.45, 7) is 15.7. The molecule has 5 heteroatoms. The summed E-state index contributed by atoms with van der Waals surface area (Å²) in [5, 5.41) is 0. The summed E-state index contributed by atoms with van der Waals surface area (Å²) in [6.07, 6.45) is -0.574. The van der Waals surface area contributed by atoms with Crippen LogP contribution in [-0.2, 0) is 32.8 Å². The summed E-state index contributed by atoms with van der Waals surface area (Å²) in [5.74, 6) is 0. The molecule has 0 atom stereocenters. The van der Waals surface area contributed by atoms with Crippen molar-refractivity contribution < 1.29 is 37.6 Å². The van der Waals surface area contributed by atoms with Crippen LogP contribution in [-0.4, -0.2) is 28.6 Å². The van der Waals surface area contributed by atoms with E-state index in [1.165, 1.54) is 0 Å². The van der Waals surface area contributed by atoms with Crippen molar-refractivity contribution in [3.8, 4) is 0 Å². The molecule has 0 amide bonds. The van der Waals surface area contributed by atoms with Crippen LogP contribution in [0, 0.1) is 0 Å². The molecule has 0 spiro atoms. The number of hydrogen-bond donors (Lipinski definition) is 0. The van der Waals surface area contributed by atoms with E-state index in [2.05, 4.69) is 27.7 Å². The molecule has 0 aromatic heterocycles. The van der Waals surface area contributed by atoms with Crippen molar-refractivity contribution in [1.29, 1.82) is 0 Å². The van der Waals surface area contributed by atoms with E-state index in [1.807, 2.05) is 27.7 Å². The van der Waals surface area contributed by atoms with E-state index in [-0.39, 0.29) is 29.8 Å². The zero-order valence-corrected chi connectivity index (χ0v) is 14.0. The smallest absolute Gasteiger partial charge is 0.424 e. The van der Waals surface area contributed by atoms with Gasteiger partial charge in [-0.1, -0.05) is 0 Å². The van der Waals surface area contributed by atoms with Gasteiger partial charge in [-0.05, 0) is 55.4 Å². The maximum atomic E-state index is 10.6. The fourth-order valence-corrected chi connectivity index (χ4v) is 1.30. The summed E-state index contributed by atoms with van der Waals surface area (Å²) in [6, 6.07) is 0. The normalized spacial score (nSPS) is 27.9. The van der Waals surface area contributed by atoms with Gasteiger partial charge in [-0.25, -0.2) is 4.79 Å². The number of epoxide rings is 1. The first kappa shape index (κ1) is 17.8. The SMILES string of the molecule is CC1(C)OC(=O)OC1(C)C.CC1(C)OC1(C)C.[V]. The van der Waals surface area contributed by atoms with Gasteiger partial charge in [-0.2, -0.15) is 0 Å². The molecule has 1 radical (unpaired) electrons. The average Bonchev–Trinajstić information content (AvgIpc) is 2.34. The van der Waals surface area contributed by atoms with Crippen molar-refractivity contribution in [2.45, 2.75) is 77.8 Å². The maximum Gasteiger partial charge on any atom is 0.509 e. The molecular weight excluding hydrogens is 271 g/mol. The fourth-order valence-electron chi connectivity index (χ4n) is 1.30. The molecule has 0 saturated carbocycles. The van der Waals surface area contributed by atoms with Gasteiger partial charge in [0.2, 0.25) is 0 Å². The van der Waals surface area contributed by atoms with E-state index < -0.39 is 17.4 Å². The van der Waals surface area contributed by atoms with Crippen LogP contribution in [0.1, 0.15) is 55.4 Å².